The third-order valence-electron chi connectivity index (χ3n) is 1.57. The summed E-state index contributed by atoms with van der Waals surface area (Å²) in [7, 11) is 0. The molecule has 1 rings (SSSR count). The first kappa shape index (κ1) is 6.78. The van der Waals surface area contributed by atoms with E-state index in [1.807, 2.05) is 0 Å². The van der Waals surface area contributed by atoms with Crippen molar-refractivity contribution in [3.8, 4) is 0 Å². The maximum atomic E-state index is 9.17. The van der Waals surface area contributed by atoms with Gasteiger partial charge in [-0.1, -0.05) is 6.08 Å². The van der Waals surface area contributed by atoms with Crippen molar-refractivity contribution < 1.29 is 9.84 Å². The molecule has 1 aliphatic rings. The molecule has 0 unspecified atom stereocenters. The molecule has 52 valence electrons. The smallest absolute Gasteiger partial charge is 0.101 e. The minimum atomic E-state index is -0.323. The van der Waals surface area contributed by atoms with Crippen molar-refractivity contribution in [2.75, 3.05) is 6.61 Å². The minimum absolute atomic E-state index is 0.126. The summed E-state index contributed by atoms with van der Waals surface area (Å²) in [6.45, 7) is 4.31. The van der Waals surface area contributed by atoms with Crippen LogP contribution >= 0.6 is 0 Å². The van der Waals surface area contributed by atoms with E-state index < -0.39 is 0 Å². The summed E-state index contributed by atoms with van der Waals surface area (Å²) >= 11 is 0. The van der Waals surface area contributed by atoms with E-state index in [4.69, 9.17) is 4.74 Å². The first-order valence-electron chi connectivity index (χ1n) is 3.27. The average Bonchev–Trinajstić information content (AvgIpc) is 1.89. The Bertz CT molecular complexity index is 101. The molecule has 0 amide bonds. The predicted molar refractivity (Wildman–Crippen MR) is 35.2 cm³/mol. The highest BCUT2D eigenvalue weighted by Gasteiger charge is 2.19. The van der Waals surface area contributed by atoms with Gasteiger partial charge >= 0.3 is 0 Å². The van der Waals surface area contributed by atoms with Crippen LogP contribution in [0.5, 0.6) is 0 Å². The summed E-state index contributed by atoms with van der Waals surface area (Å²) in [5, 5.41) is 9.17. The fourth-order valence-electron chi connectivity index (χ4n) is 1.01. The lowest BCUT2D eigenvalue weighted by Gasteiger charge is -2.24. The molecule has 1 saturated heterocycles. The van der Waals surface area contributed by atoms with Crippen molar-refractivity contribution in [2.24, 2.45) is 0 Å². The fraction of sp³-hybridized carbons (Fsp3) is 0.714. The van der Waals surface area contributed by atoms with E-state index in [2.05, 4.69) is 6.58 Å². The Morgan fingerprint density at radius 3 is 2.89 bits per heavy atom. The second-order valence-electron chi connectivity index (χ2n) is 2.28. The second-order valence-corrected chi connectivity index (χ2v) is 2.28. The molecule has 0 saturated carbocycles. The van der Waals surface area contributed by atoms with Crippen LogP contribution in [0.15, 0.2) is 12.7 Å². The molecular formula is C7H12O2. The number of hydrogen-bond donors (Lipinski definition) is 1. The van der Waals surface area contributed by atoms with E-state index in [9.17, 15) is 5.11 Å². The molecule has 0 radical (unpaired) electrons. The van der Waals surface area contributed by atoms with Gasteiger partial charge in [-0.2, -0.15) is 0 Å². The van der Waals surface area contributed by atoms with E-state index in [1.54, 1.807) is 6.08 Å². The maximum absolute atomic E-state index is 9.17. The van der Waals surface area contributed by atoms with Gasteiger partial charge in [0, 0.05) is 6.61 Å². The molecule has 1 fully saturated rings. The Morgan fingerprint density at radius 2 is 2.44 bits per heavy atom. The van der Waals surface area contributed by atoms with Crippen LogP contribution in [0.2, 0.25) is 0 Å². The van der Waals surface area contributed by atoms with Crippen LogP contribution in [-0.2, 0) is 4.74 Å². The van der Waals surface area contributed by atoms with Gasteiger partial charge in [-0.15, -0.1) is 6.58 Å². The van der Waals surface area contributed by atoms with Crippen molar-refractivity contribution in [2.45, 2.75) is 25.0 Å². The molecule has 1 N–H and O–H groups in total. The quantitative estimate of drug-likeness (QED) is 0.527. The van der Waals surface area contributed by atoms with Crippen LogP contribution in [0.25, 0.3) is 0 Å². The lowest BCUT2D eigenvalue weighted by Crippen LogP contribution is -2.31. The molecule has 0 aromatic carbocycles. The van der Waals surface area contributed by atoms with Gasteiger partial charge in [0.2, 0.25) is 0 Å². The second kappa shape index (κ2) is 2.99. The van der Waals surface area contributed by atoms with E-state index in [-0.39, 0.29) is 12.2 Å². The number of aliphatic hydroxyl groups excluding tert-OH is 1. The topological polar surface area (TPSA) is 29.5 Å². The van der Waals surface area contributed by atoms with Crippen molar-refractivity contribution in [3.05, 3.63) is 12.7 Å². The zero-order chi connectivity index (χ0) is 6.69. The van der Waals surface area contributed by atoms with E-state index in [1.165, 1.54) is 0 Å². The Hall–Kier alpha value is -0.340. The van der Waals surface area contributed by atoms with Crippen molar-refractivity contribution >= 4 is 0 Å². The molecule has 1 heterocycles. The van der Waals surface area contributed by atoms with Gasteiger partial charge in [-0.25, -0.2) is 0 Å². The third kappa shape index (κ3) is 1.53. The van der Waals surface area contributed by atoms with Crippen LogP contribution in [0, 0.1) is 0 Å². The molecule has 1 aliphatic heterocycles. The van der Waals surface area contributed by atoms with Gasteiger partial charge in [-0.3, -0.25) is 0 Å². The highest BCUT2D eigenvalue weighted by atomic mass is 16.5. The molecule has 0 aromatic heterocycles. The van der Waals surface area contributed by atoms with E-state index >= 15 is 0 Å². The van der Waals surface area contributed by atoms with Gasteiger partial charge in [0.15, 0.2) is 0 Å². The van der Waals surface area contributed by atoms with Crippen LogP contribution in [0.3, 0.4) is 0 Å². The number of ether oxygens (including phenoxy) is 1. The molecule has 2 nitrogen and oxygen atoms in total. The van der Waals surface area contributed by atoms with Crippen LogP contribution in [0.4, 0.5) is 0 Å². The van der Waals surface area contributed by atoms with E-state index in [0.29, 0.717) is 0 Å². The number of rotatable bonds is 1. The molecule has 9 heavy (non-hydrogen) atoms. The van der Waals surface area contributed by atoms with Gasteiger partial charge in [0.25, 0.3) is 0 Å². The monoisotopic (exact) mass is 128 g/mol. The largest absolute Gasteiger partial charge is 0.390 e. The van der Waals surface area contributed by atoms with Gasteiger partial charge < -0.3 is 9.84 Å². The van der Waals surface area contributed by atoms with Crippen LogP contribution in [-0.4, -0.2) is 23.9 Å². The summed E-state index contributed by atoms with van der Waals surface area (Å²) in [6.07, 6.45) is 3.02. The van der Waals surface area contributed by atoms with Crippen molar-refractivity contribution in [3.63, 3.8) is 0 Å². The molecule has 0 aromatic rings. The zero-order valence-electron chi connectivity index (χ0n) is 5.42. The Morgan fingerprint density at radius 1 is 1.67 bits per heavy atom. The highest BCUT2D eigenvalue weighted by Crippen LogP contribution is 2.13. The first-order chi connectivity index (χ1) is 4.34. The molecule has 2 atom stereocenters. The van der Waals surface area contributed by atoms with Crippen molar-refractivity contribution in [1.29, 1.82) is 0 Å². The zero-order valence-corrected chi connectivity index (χ0v) is 5.42. The van der Waals surface area contributed by atoms with Crippen LogP contribution < -0.4 is 0 Å². The first-order valence-corrected chi connectivity index (χ1v) is 3.27. The Kier molecular flexibility index (Phi) is 2.25. The predicted octanol–water partition coefficient (Wildman–Crippen LogP) is 0.712. The molecular weight excluding hydrogens is 116 g/mol. The molecule has 0 bridgehead atoms. The van der Waals surface area contributed by atoms with Crippen molar-refractivity contribution in [1.82, 2.24) is 0 Å². The van der Waals surface area contributed by atoms with E-state index in [0.717, 1.165) is 19.4 Å². The molecule has 0 spiro atoms. The Balaban J connectivity index is 2.38. The summed E-state index contributed by atoms with van der Waals surface area (Å²) in [5.74, 6) is 0. The maximum Gasteiger partial charge on any atom is 0.101 e. The minimum Gasteiger partial charge on any atom is -0.390 e. The summed E-state index contributed by atoms with van der Waals surface area (Å²) < 4.78 is 5.17. The highest BCUT2D eigenvalue weighted by molar-refractivity contribution is 4.87. The van der Waals surface area contributed by atoms with Gasteiger partial charge in [-0.05, 0) is 12.8 Å². The average molecular weight is 128 g/mol. The summed E-state index contributed by atoms with van der Waals surface area (Å²) in [4.78, 5) is 0. The Labute approximate surface area is 55.1 Å². The lowest BCUT2D eigenvalue weighted by molar-refractivity contribution is -0.0481. The fourth-order valence-corrected chi connectivity index (χ4v) is 1.01. The standard InChI is InChI=1S/C7H12O2/c1-2-7-6(8)4-3-5-9-7/h2,6-8H,1,3-5H2/t6-,7-/m0/s1. The molecule has 2 heteroatoms. The van der Waals surface area contributed by atoms with Crippen LogP contribution in [0.1, 0.15) is 12.8 Å². The SMILES string of the molecule is C=C[C@@H]1OCCC[C@@H]1O. The number of hydrogen-bond acceptors (Lipinski definition) is 2. The summed E-state index contributed by atoms with van der Waals surface area (Å²) in [6, 6.07) is 0. The lowest BCUT2D eigenvalue weighted by atomic mass is 10.1. The summed E-state index contributed by atoms with van der Waals surface area (Å²) in [5.41, 5.74) is 0. The third-order valence-corrected chi connectivity index (χ3v) is 1.57. The van der Waals surface area contributed by atoms with Gasteiger partial charge in [0.05, 0.1) is 6.10 Å². The van der Waals surface area contributed by atoms with Gasteiger partial charge in [0.1, 0.15) is 6.10 Å². The normalized spacial score (nSPS) is 36.1. The number of aliphatic hydroxyl groups is 1. The molecule has 0 aliphatic carbocycles.